The monoisotopic (exact) mass is 430 g/mol. The molecule has 0 bridgehead atoms. The highest BCUT2D eigenvalue weighted by Crippen LogP contribution is 2.22. The number of hydrazone groups is 2. The second-order valence-electron chi connectivity index (χ2n) is 5.95. The van der Waals surface area contributed by atoms with Crippen LogP contribution in [-0.2, 0) is 0 Å². The molecule has 30 heavy (non-hydrogen) atoms. The zero-order valence-corrected chi connectivity index (χ0v) is 15.9. The number of nitrogens with zero attached hydrogens (tertiary/aromatic N) is 4. The number of halogens is 1. The van der Waals surface area contributed by atoms with Gasteiger partial charge in [-0.2, -0.15) is 5.10 Å². The third-order valence-electron chi connectivity index (χ3n) is 4.01. The molecule has 0 aliphatic heterocycles. The first-order chi connectivity index (χ1) is 14.3. The van der Waals surface area contributed by atoms with Gasteiger partial charge in [-0.1, -0.05) is 11.6 Å². The quantitative estimate of drug-likeness (QED) is 0.128. The fourth-order valence-electron chi connectivity index (χ4n) is 2.56. The van der Waals surface area contributed by atoms with E-state index < -0.39 is 16.6 Å². The van der Waals surface area contributed by atoms with Crippen molar-refractivity contribution < 1.29 is 10.0 Å². The number of hydrogen-bond donors (Lipinski definition) is 5. The highest BCUT2D eigenvalue weighted by molar-refractivity contribution is 6.31. The molecule has 13 heteroatoms. The van der Waals surface area contributed by atoms with Crippen molar-refractivity contribution in [2.75, 3.05) is 0 Å². The smallest absolute Gasteiger partial charge is 0.276 e. The van der Waals surface area contributed by atoms with Gasteiger partial charge in [-0.15, -0.1) is 5.10 Å². The first-order valence-corrected chi connectivity index (χ1v) is 8.67. The lowest BCUT2D eigenvalue weighted by Gasteiger charge is -2.14. The number of aromatic amines is 1. The molecule has 0 saturated carbocycles. The molecule has 0 radical (unpaired) electrons. The van der Waals surface area contributed by atoms with Crippen LogP contribution < -0.4 is 22.6 Å². The van der Waals surface area contributed by atoms with Gasteiger partial charge in [-0.3, -0.25) is 14.9 Å². The lowest BCUT2D eigenvalue weighted by atomic mass is 10.0. The van der Waals surface area contributed by atoms with Crippen LogP contribution in [0.15, 0.2) is 57.5 Å². The number of nitrogens with one attached hydrogen (secondary N) is 2. The van der Waals surface area contributed by atoms with E-state index in [2.05, 4.69) is 25.6 Å². The molecule has 0 amide bonds. The minimum atomic E-state index is -1.48. The normalized spacial score (nSPS) is 13.3. The maximum atomic E-state index is 12.6. The molecule has 0 saturated heterocycles. The van der Waals surface area contributed by atoms with Crippen LogP contribution in [-0.4, -0.2) is 31.7 Å². The van der Waals surface area contributed by atoms with Crippen molar-refractivity contribution in [1.82, 2.24) is 15.4 Å². The summed E-state index contributed by atoms with van der Waals surface area (Å²) < 4.78 is 0. The van der Waals surface area contributed by atoms with Crippen molar-refractivity contribution in [2.24, 2.45) is 21.8 Å². The SMILES string of the molecule is N/N=C(/N)N/N=C(/c1nc2ccc(Cl)cc2[nH]c1=O)C(O)c1ccc([N+](=O)[O-])cc1. The zero-order valence-electron chi connectivity index (χ0n) is 15.1. The molecule has 0 aliphatic rings. The van der Waals surface area contributed by atoms with Gasteiger partial charge in [0, 0.05) is 17.2 Å². The van der Waals surface area contributed by atoms with Gasteiger partial charge in [0.1, 0.15) is 11.8 Å². The summed E-state index contributed by atoms with van der Waals surface area (Å²) in [5.41, 5.74) is 7.51. The van der Waals surface area contributed by atoms with E-state index in [0.717, 1.165) is 0 Å². The Morgan fingerprint density at radius 2 is 2.00 bits per heavy atom. The summed E-state index contributed by atoms with van der Waals surface area (Å²) in [6.07, 6.45) is -1.48. The molecule has 3 rings (SSSR count). The van der Waals surface area contributed by atoms with Crippen molar-refractivity contribution in [3.63, 3.8) is 0 Å². The van der Waals surface area contributed by atoms with Crippen molar-refractivity contribution in [2.45, 2.75) is 6.10 Å². The van der Waals surface area contributed by atoms with E-state index >= 15 is 0 Å². The van der Waals surface area contributed by atoms with Gasteiger partial charge in [0.2, 0.25) is 5.96 Å². The van der Waals surface area contributed by atoms with Crippen LogP contribution >= 0.6 is 11.6 Å². The fraction of sp³-hybridized carbons (Fsp3) is 0.0588. The minimum absolute atomic E-state index is 0.166. The Labute approximate surface area is 173 Å². The molecular formula is C17H15ClN8O4. The standard InChI is InChI=1S/C17H15ClN8O4/c18-9-3-6-11-12(7-9)22-16(28)14(21-11)13(24-25-17(19)23-20)15(27)8-1-4-10(5-2-8)26(29)30/h1-7,15,27H,20H2,(H,22,28)(H3,19,23,25)/b24-13-. The number of guanidine groups is 1. The number of benzene rings is 2. The summed E-state index contributed by atoms with van der Waals surface area (Å²) >= 11 is 5.93. The molecular weight excluding hydrogens is 416 g/mol. The summed E-state index contributed by atoms with van der Waals surface area (Å²) in [5, 5.41) is 29.2. The number of nitrogens with two attached hydrogens (primary N) is 2. The Morgan fingerprint density at radius 1 is 1.30 bits per heavy atom. The lowest BCUT2D eigenvalue weighted by Crippen LogP contribution is -2.33. The van der Waals surface area contributed by atoms with E-state index in [4.69, 9.17) is 23.2 Å². The number of aliphatic hydroxyl groups excluding tert-OH is 1. The average Bonchev–Trinajstić information content (AvgIpc) is 2.73. The second-order valence-corrected chi connectivity index (χ2v) is 6.39. The Balaban J connectivity index is 2.12. The molecule has 1 atom stereocenters. The largest absolute Gasteiger partial charge is 0.382 e. The molecule has 12 nitrogen and oxygen atoms in total. The summed E-state index contributed by atoms with van der Waals surface area (Å²) in [5.74, 6) is 4.77. The Kier molecular flexibility index (Phi) is 5.90. The van der Waals surface area contributed by atoms with E-state index in [1.807, 2.05) is 0 Å². The van der Waals surface area contributed by atoms with Gasteiger partial charge in [-0.25, -0.2) is 10.4 Å². The van der Waals surface area contributed by atoms with E-state index in [0.29, 0.717) is 16.1 Å². The topological polar surface area (TPSA) is 198 Å². The number of nitro benzene ring substituents is 1. The lowest BCUT2D eigenvalue weighted by molar-refractivity contribution is -0.384. The maximum absolute atomic E-state index is 12.6. The summed E-state index contributed by atoms with van der Waals surface area (Å²) in [6, 6.07) is 9.76. The van der Waals surface area contributed by atoms with E-state index in [-0.39, 0.29) is 28.6 Å². The molecule has 1 aromatic heterocycles. The second kappa shape index (κ2) is 8.55. The summed E-state index contributed by atoms with van der Waals surface area (Å²) in [6.45, 7) is 0. The molecule has 154 valence electrons. The first kappa shape index (κ1) is 20.7. The average molecular weight is 431 g/mol. The van der Waals surface area contributed by atoms with Crippen molar-refractivity contribution >= 4 is 40.0 Å². The van der Waals surface area contributed by atoms with Crippen LogP contribution in [0, 0.1) is 10.1 Å². The van der Waals surface area contributed by atoms with Crippen molar-refractivity contribution in [1.29, 1.82) is 0 Å². The third kappa shape index (κ3) is 4.34. The van der Waals surface area contributed by atoms with E-state index in [1.54, 1.807) is 12.1 Å². The highest BCUT2D eigenvalue weighted by Gasteiger charge is 2.23. The van der Waals surface area contributed by atoms with Crippen LogP contribution in [0.4, 0.5) is 5.69 Å². The number of nitro groups is 1. The van der Waals surface area contributed by atoms with Crippen molar-refractivity contribution in [3.8, 4) is 0 Å². The van der Waals surface area contributed by atoms with Gasteiger partial charge in [0.15, 0.2) is 5.69 Å². The van der Waals surface area contributed by atoms with Gasteiger partial charge in [0.25, 0.3) is 11.2 Å². The van der Waals surface area contributed by atoms with Crippen molar-refractivity contribution in [3.05, 3.63) is 79.2 Å². The summed E-state index contributed by atoms with van der Waals surface area (Å²) in [7, 11) is 0. The number of non-ortho nitro benzene ring substituents is 1. The van der Waals surface area contributed by atoms with Gasteiger partial charge in [-0.05, 0) is 35.9 Å². The van der Waals surface area contributed by atoms with Crippen LogP contribution in [0.5, 0.6) is 0 Å². The Bertz CT molecular complexity index is 1220. The molecule has 2 aromatic carbocycles. The molecule has 3 aromatic rings. The molecule has 0 aliphatic carbocycles. The fourth-order valence-corrected chi connectivity index (χ4v) is 2.73. The number of fused-ring (bicyclic) bond motifs is 1. The molecule has 1 unspecified atom stereocenters. The first-order valence-electron chi connectivity index (χ1n) is 8.29. The number of rotatable bonds is 5. The van der Waals surface area contributed by atoms with Gasteiger partial charge < -0.3 is 21.7 Å². The van der Waals surface area contributed by atoms with Crippen LogP contribution in [0.2, 0.25) is 5.02 Å². The third-order valence-corrected chi connectivity index (χ3v) is 4.24. The minimum Gasteiger partial charge on any atom is -0.382 e. The van der Waals surface area contributed by atoms with Crippen LogP contribution in [0.25, 0.3) is 11.0 Å². The predicted molar refractivity (Wildman–Crippen MR) is 111 cm³/mol. The predicted octanol–water partition coefficient (Wildman–Crippen LogP) is 0.700. The van der Waals surface area contributed by atoms with Gasteiger partial charge in [0.05, 0.1) is 16.0 Å². The highest BCUT2D eigenvalue weighted by atomic mass is 35.5. The number of H-pyrrole nitrogens is 1. The molecule has 1 heterocycles. The van der Waals surface area contributed by atoms with E-state index in [9.17, 15) is 20.0 Å². The number of aliphatic hydroxyl groups is 1. The Hall–Kier alpha value is -4.03. The maximum Gasteiger partial charge on any atom is 0.276 e. The zero-order chi connectivity index (χ0) is 21.8. The van der Waals surface area contributed by atoms with Gasteiger partial charge >= 0.3 is 0 Å². The van der Waals surface area contributed by atoms with Crippen LogP contribution in [0.1, 0.15) is 17.4 Å². The molecule has 0 spiro atoms. The number of hydrogen-bond acceptors (Lipinski definition) is 8. The Morgan fingerprint density at radius 3 is 2.63 bits per heavy atom. The molecule has 0 fully saturated rings. The number of aromatic nitrogens is 2. The summed E-state index contributed by atoms with van der Waals surface area (Å²) in [4.78, 5) is 29.8. The van der Waals surface area contributed by atoms with E-state index in [1.165, 1.54) is 30.3 Å². The molecule has 7 N–H and O–H groups in total. The van der Waals surface area contributed by atoms with Crippen LogP contribution in [0.3, 0.4) is 0 Å².